The van der Waals surface area contributed by atoms with E-state index in [9.17, 15) is 0 Å². The summed E-state index contributed by atoms with van der Waals surface area (Å²) < 4.78 is 10.8. The van der Waals surface area contributed by atoms with E-state index < -0.39 is 0 Å². The topological polar surface area (TPSA) is 51.4 Å². The van der Waals surface area contributed by atoms with Gasteiger partial charge in [-0.1, -0.05) is 11.2 Å². The van der Waals surface area contributed by atoms with Gasteiger partial charge in [0.2, 0.25) is 11.7 Å². The van der Waals surface area contributed by atoms with E-state index in [4.69, 9.17) is 9.26 Å². The number of piperidine rings is 1. The van der Waals surface area contributed by atoms with Crippen LogP contribution in [0, 0.1) is 0 Å². The number of hydrogen-bond acceptors (Lipinski definition) is 6. The molecule has 1 saturated heterocycles. The molecule has 20 heavy (non-hydrogen) atoms. The number of methoxy groups -OCH3 is 1. The molecule has 0 spiro atoms. The van der Waals surface area contributed by atoms with Crippen molar-refractivity contribution in [1.29, 1.82) is 0 Å². The van der Waals surface area contributed by atoms with Gasteiger partial charge in [0.15, 0.2) is 0 Å². The molecule has 0 amide bonds. The summed E-state index contributed by atoms with van der Waals surface area (Å²) >= 11 is 1.62. The summed E-state index contributed by atoms with van der Waals surface area (Å²) in [7, 11) is 1.79. The molecule has 2 aromatic heterocycles. The standard InChI is InChI=1S/C14H19N3O2S/c1-10(17-7-5-11(18-2)6-8-17)14-15-13(16-19-14)12-4-3-9-20-12/h3-4,9-11H,5-8H2,1-2H3. The van der Waals surface area contributed by atoms with Crippen LogP contribution >= 0.6 is 11.3 Å². The van der Waals surface area contributed by atoms with Gasteiger partial charge in [0.05, 0.1) is 17.0 Å². The zero-order valence-corrected chi connectivity index (χ0v) is 12.6. The zero-order valence-electron chi connectivity index (χ0n) is 11.8. The molecule has 3 rings (SSSR count). The van der Waals surface area contributed by atoms with Gasteiger partial charge < -0.3 is 9.26 Å². The molecular formula is C14H19N3O2S. The van der Waals surface area contributed by atoms with Gasteiger partial charge in [0, 0.05) is 20.2 Å². The van der Waals surface area contributed by atoms with Crippen molar-refractivity contribution >= 4 is 11.3 Å². The van der Waals surface area contributed by atoms with Crippen LogP contribution in [0.2, 0.25) is 0 Å². The highest BCUT2D eigenvalue weighted by Crippen LogP contribution is 2.27. The maximum Gasteiger partial charge on any atom is 0.244 e. The average molecular weight is 293 g/mol. The van der Waals surface area contributed by atoms with E-state index in [-0.39, 0.29) is 6.04 Å². The summed E-state index contributed by atoms with van der Waals surface area (Å²) in [6, 6.07) is 4.16. The lowest BCUT2D eigenvalue weighted by atomic mass is 10.1. The summed E-state index contributed by atoms with van der Waals surface area (Å²) in [6.07, 6.45) is 2.52. The first-order valence-electron chi connectivity index (χ1n) is 6.92. The second-order valence-corrected chi connectivity index (χ2v) is 6.03. The van der Waals surface area contributed by atoms with Crippen LogP contribution in [0.3, 0.4) is 0 Å². The predicted octanol–water partition coefficient (Wildman–Crippen LogP) is 2.97. The molecule has 0 radical (unpaired) electrons. The molecule has 1 aliphatic rings. The minimum Gasteiger partial charge on any atom is -0.381 e. The fraction of sp³-hybridized carbons (Fsp3) is 0.571. The van der Waals surface area contributed by atoms with Crippen LogP contribution in [-0.4, -0.2) is 41.3 Å². The van der Waals surface area contributed by atoms with E-state index in [0.717, 1.165) is 30.8 Å². The Morgan fingerprint density at radius 3 is 2.90 bits per heavy atom. The fourth-order valence-corrected chi connectivity index (χ4v) is 3.21. The Kier molecular flexibility index (Phi) is 4.14. The lowest BCUT2D eigenvalue weighted by molar-refractivity contribution is 0.0247. The minimum absolute atomic E-state index is 0.161. The number of likely N-dealkylation sites (tertiary alicyclic amines) is 1. The van der Waals surface area contributed by atoms with Crippen molar-refractivity contribution in [2.24, 2.45) is 0 Å². The molecule has 2 aromatic rings. The molecule has 0 saturated carbocycles. The monoisotopic (exact) mass is 293 g/mol. The van der Waals surface area contributed by atoms with Crippen molar-refractivity contribution in [3.05, 3.63) is 23.4 Å². The summed E-state index contributed by atoms with van der Waals surface area (Å²) in [5, 5.41) is 6.10. The molecule has 108 valence electrons. The van der Waals surface area contributed by atoms with Crippen LogP contribution in [0.15, 0.2) is 22.0 Å². The lowest BCUT2D eigenvalue weighted by Crippen LogP contribution is -2.38. The number of hydrogen-bond donors (Lipinski definition) is 0. The summed E-state index contributed by atoms with van der Waals surface area (Å²) in [5.74, 6) is 1.39. The first kappa shape index (κ1) is 13.7. The second kappa shape index (κ2) is 6.03. The molecular weight excluding hydrogens is 274 g/mol. The maximum absolute atomic E-state index is 5.43. The number of rotatable bonds is 4. The van der Waals surface area contributed by atoms with Gasteiger partial charge in [-0.25, -0.2) is 0 Å². The highest BCUT2D eigenvalue weighted by Gasteiger charge is 2.26. The van der Waals surface area contributed by atoms with E-state index in [1.54, 1.807) is 18.4 Å². The second-order valence-electron chi connectivity index (χ2n) is 5.08. The largest absolute Gasteiger partial charge is 0.381 e. The van der Waals surface area contributed by atoms with Crippen LogP contribution < -0.4 is 0 Å². The van der Waals surface area contributed by atoms with E-state index in [0.29, 0.717) is 17.8 Å². The average Bonchev–Trinajstić information content (AvgIpc) is 3.17. The Morgan fingerprint density at radius 2 is 2.25 bits per heavy atom. The Bertz CT molecular complexity index is 532. The highest BCUT2D eigenvalue weighted by atomic mass is 32.1. The highest BCUT2D eigenvalue weighted by molar-refractivity contribution is 7.13. The normalized spacial score (nSPS) is 19.3. The minimum atomic E-state index is 0.161. The van der Waals surface area contributed by atoms with Gasteiger partial charge in [-0.2, -0.15) is 4.98 Å². The first-order chi connectivity index (χ1) is 9.78. The van der Waals surface area contributed by atoms with Crippen LogP contribution in [0.5, 0.6) is 0 Å². The van der Waals surface area contributed by atoms with Crippen LogP contribution in [0.25, 0.3) is 10.7 Å². The first-order valence-corrected chi connectivity index (χ1v) is 7.80. The number of nitrogens with zero attached hydrogens (tertiary/aromatic N) is 3. The van der Waals surface area contributed by atoms with E-state index in [2.05, 4.69) is 22.0 Å². The van der Waals surface area contributed by atoms with E-state index in [1.807, 2.05) is 17.5 Å². The molecule has 1 aliphatic heterocycles. The van der Waals surface area contributed by atoms with Crippen molar-refractivity contribution in [3.8, 4) is 10.7 Å². The van der Waals surface area contributed by atoms with Crippen LogP contribution in [-0.2, 0) is 4.74 Å². The molecule has 0 bridgehead atoms. The summed E-state index contributed by atoms with van der Waals surface area (Å²) in [5.41, 5.74) is 0. The summed E-state index contributed by atoms with van der Waals surface area (Å²) in [4.78, 5) is 7.95. The van der Waals surface area contributed by atoms with Crippen molar-refractivity contribution < 1.29 is 9.26 Å². The van der Waals surface area contributed by atoms with Gasteiger partial charge in [0.1, 0.15) is 0 Å². The molecule has 1 unspecified atom stereocenters. The lowest BCUT2D eigenvalue weighted by Gasteiger charge is -2.33. The Morgan fingerprint density at radius 1 is 1.45 bits per heavy atom. The van der Waals surface area contributed by atoms with Gasteiger partial charge in [-0.15, -0.1) is 11.3 Å². The molecule has 0 N–H and O–H groups in total. The van der Waals surface area contributed by atoms with E-state index in [1.165, 1.54) is 0 Å². The van der Waals surface area contributed by atoms with Crippen LogP contribution in [0.4, 0.5) is 0 Å². The fourth-order valence-electron chi connectivity index (χ4n) is 2.57. The Hall–Kier alpha value is -1.24. The molecule has 1 atom stereocenters. The van der Waals surface area contributed by atoms with Crippen molar-refractivity contribution in [1.82, 2.24) is 15.0 Å². The van der Waals surface area contributed by atoms with Gasteiger partial charge >= 0.3 is 0 Å². The van der Waals surface area contributed by atoms with Crippen molar-refractivity contribution in [3.63, 3.8) is 0 Å². The third-order valence-electron chi connectivity index (χ3n) is 3.90. The third-order valence-corrected chi connectivity index (χ3v) is 4.76. The van der Waals surface area contributed by atoms with Gasteiger partial charge in [0.25, 0.3) is 0 Å². The Balaban J connectivity index is 1.67. The Labute approximate surface area is 122 Å². The quantitative estimate of drug-likeness (QED) is 0.867. The van der Waals surface area contributed by atoms with Gasteiger partial charge in [-0.05, 0) is 31.2 Å². The zero-order chi connectivity index (χ0) is 13.9. The van der Waals surface area contributed by atoms with E-state index >= 15 is 0 Å². The molecule has 0 aliphatic carbocycles. The van der Waals surface area contributed by atoms with Crippen molar-refractivity contribution in [2.75, 3.05) is 20.2 Å². The van der Waals surface area contributed by atoms with Crippen molar-refractivity contribution in [2.45, 2.75) is 31.9 Å². The molecule has 6 heteroatoms. The summed E-state index contributed by atoms with van der Waals surface area (Å²) in [6.45, 7) is 4.14. The molecule has 0 aromatic carbocycles. The predicted molar refractivity (Wildman–Crippen MR) is 77.6 cm³/mol. The SMILES string of the molecule is COC1CCN(C(C)c2nc(-c3cccs3)no2)CC1. The number of thiophene rings is 1. The molecule has 3 heterocycles. The van der Waals surface area contributed by atoms with Gasteiger partial charge in [-0.3, -0.25) is 4.90 Å². The third kappa shape index (κ3) is 2.77. The molecule has 5 nitrogen and oxygen atoms in total. The smallest absolute Gasteiger partial charge is 0.244 e. The molecule has 1 fully saturated rings. The number of aromatic nitrogens is 2. The maximum atomic E-state index is 5.43. The number of ether oxygens (including phenoxy) is 1. The van der Waals surface area contributed by atoms with Crippen LogP contribution in [0.1, 0.15) is 31.7 Å².